The number of fused-ring (bicyclic) bond motifs is 1. The fourth-order valence-electron chi connectivity index (χ4n) is 4.64. The number of esters is 2. The highest BCUT2D eigenvalue weighted by Crippen LogP contribution is 2.49. The number of carbonyl (C=O) groups excluding carboxylic acids is 2. The normalized spacial score (nSPS) is 37.9. The van der Waals surface area contributed by atoms with Crippen LogP contribution in [0.5, 0.6) is 0 Å². The van der Waals surface area contributed by atoms with E-state index in [-0.39, 0.29) is 41.4 Å². The van der Waals surface area contributed by atoms with Crippen LogP contribution >= 0.6 is 0 Å². The van der Waals surface area contributed by atoms with Crippen LogP contribution in [0.25, 0.3) is 0 Å². The minimum Gasteiger partial charge on any atom is -0.455 e. The Labute approximate surface area is 144 Å². The first kappa shape index (κ1) is 17.7. The SMILES string of the molecule is CCC(C)C(C)(CC(C)(C)C)C(=O)OC1C2CC3C(=O)OC1C3O2. The maximum Gasteiger partial charge on any atom is 0.312 e. The fraction of sp³-hybridized carbons (Fsp3) is 0.895. The van der Waals surface area contributed by atoms with E-state index in [4.69, 9.17) is 14.2 Å². The molecule has 2 bridgehead atoms. The molecule has 136 valence electrons. The Balaban J connectivity index is 1.76. The average molecular weight is 338 g/mol. The van der Waals surface area contributed by atoms with Crippen molar-refractivity contribution in [3.63, 3.8) is 0 Å². The van der Waals surface area contributed by atoms with Crippen molar-refractivity contribution >= 4 is 11.9 Å². The Bertz CT molecular complexity index is 536. The minimum atomic E-state index is -0.559. The molecule has 0 spiro atoms. The molecule has 7 unspecified atom stereocenters. The highest BCUT2D eigenvalue weighted by molar-refractivity contribution is 5.79. The first-order valence-corrected chi connectivity index (χ1v) is 9.14. The summed E-state index contributed by atoms with van der Waals surface area (Å²) in [5.41, 5.74) is -0.538. The molecule has 0 amide bonds. The van der Waals surface area contributed by atoms with Gasteiger partial charge in [0, 0.05) is 0 Å². The molecule has 0 aromatic heterocycles. The highest BCUT2D eigenvalue weighted by atomic mass is 16.7. The maximum absolute atomic E-state index is 13.1. The average Bonchev–Trinajstić information content (AvgIpc) is 3.09. The van der Waals surface area contributed by atoms with Gasteiger partial charge in [0.15, 0.2) is 12.2 Å². The molecule has 0 radical (unpaired) electrons. The predicted octanol–water partition coefficient (Wildman–Crippen LogP) is 3.10. The van der Waals surface area contributed by atoms with Gasteiger partial charge in [-0.05, 0) is 31.1 Å². The lowest BCUT2D eigenvalue weighted by Crippen LogP contribution is -2.46. The number of carbonyl (C=O) groups is 2. The molecule has 0 N–H and O–H groups in total. The van der Waals surface area contributed by atoms with Gasteiger partial charge in [0.25, 0.3) is 0 Å². The lowest BCUT2D eigenvalue weighted by molar-refractivity contribution is -0.174. The van der Waals surface area contributed by atoms with Crippen molar-refractivity contribution in [3.8, 4) is 0 Å². The minimum absolute atomic E-state index is 0.0211. The van der Waals surface area contributed by atoms with E-state index in [0.717, 1.165) is 12.8 Å². The summed E-state index contributed by atoms with van der Waals surface area (Å²) in [5, 5.41) is 0. The van der Waals surface area contributed by atoms with Crippen LogP contribution in [0.15, 0.2) is 0 Å². The summed E-state index contributed by atoms with van der Waals surface area (Å²) in [6.07, 6.45) is 0.985. The van der Waals surface area contributed by atoms with Crippen molar-refractivity contribution < 1.29 is 23.8 Å². The zero-order chi connectivity index (χ0) is 17.9. The molecule has 3 fully saturated rings. The standard InChI is InChI=1S/C19H30O5/c1-7-10(2)19(6,9-18(3,4)5)17(21)24-14-12-8-11-13(22-12)15(14)23-16(11)20/h10-15H,7-9H2,1-6H3. The van der Waals surface area contributed by atoms with E-state index >= 15 is 0 Å². The summed E-state index contributed by atoms with van der Waals surface area (Å²) in [7, 11) is 0. The summed E-state index contributed by atoms with van der Waals surface area (Å²) in [6, 6.07) is 0. The molecule has 0 saturated carbocycles. The quantitative estimate of drug-likeness (QED) is 0.721. The smallest absolute Gasteiger partial charge is 0.312 e. The highest BCUT2D eigenvalue weighted by Gasteiger charge is 2.65. The van der Waals surface area contributed by atoms with Gasteiger partial charge in [-0.2, -0.15) is 0 Å². The van der Waals surface area contributed by atoms with Crippen LogP contribution in [-0.2, 0) is 23.8 Å². The van der Waals surface area contributed by atoms with E-state index in [0.29, 0.717) is 6.42 Å². The van der Waals surface area contributed by atoms with Crippen molar-refractivity contribution in [1.82, 2.24) is 0 Å². The van der Waals surface area contributed by atoms with Crippen molar-refractivity contribution in [1.29, 1.82) is 0 Å². The summed E-state index contributed by atoms with van der Waals surface area (Å²) >= 11 is 0. The number of hydrogen-bond acceptors (Lipinski definition) is 5. The summed E-state index contributed by atoms with van der Waals surface area (Å²) in [6.45, 7) is 12.6. The molecule has 0 aliphatic carbocycles. The van der Waals surface area contributed by atoms with Crippen LogP contribution in [-0.4, -0.2) is 36.4 Å². The second-order valence-electron chi connectivity index (χ2n) is 9.22. The van der Waals surface area contributed by atoms with Crippen molar-refractivity contribution in [2.24, 2.45) is 22.7 Å². The first-order valence-electron chi connectivity index (χ1n) is 9.14. The summed E-state index contributed by atoms with van der Waals surface area (Å²) < 4.78 is 17.1. The van der Waals surface area contributed by atoms with Crippen LogP contribution in [0.2, 0.25) is 0 Å². The van der Waals surface area contributed by atoms with E-state index in [1.165, 1.54) is 0 Å². The van der Waals surface area contributed by atoms with Gasteiger partial charge < -0.3 is 14.2 Å². The van der Waals surface area contributed by atoms with Crippen LogP contribution in [0.3, 0.4) is 0 Å². The molecular formula is C19H30O5. The predicted molar refractivity (Wildman–Crippen MR) is 88.2 cm³/mol. The van der Waals surface area contributed by atoms with Gasteiger partial charge in [0.1, 0.15) is 6.10 Å². The third kappa shape index (κ3) is 2.75. The monoisotopic (exact) mass is 338 g/mol. The largest absolute Gasteiger partial charge is 0.455 e. The Morgan fingerprint density at radius 2 is 1.96 bits per heavy atom. The topological polar surface area (TPSA) is 61.8 Å². The van der Waals surface area contributed by atoms with Gasteiger partial charge in [-0.3, -0.25) is 9.59 Å². The zero-order valence-corrected chi connectivity index (χ0v) is 15.6. The van der Waals surface area contributed by atoms with Gasteiger partial charge in [-0.25, -0.2) is 0 Å². The molecule has 3 rings (SSSR count). The number of ether oxygens (including phenoxy) is 3. The van der Waals surface area contributed by atoms with Crippen molar-refractivity contribution in [2.45, 2.75) is 85.2 Å². The van der Waals surface area contributed by atoms with Gasteiger partial charge in [-0.1, -0.05) is 41.0 Å². The van der Waals surface area contributed by atoms with Crippen LogP contribution in [0.4, 0.5) is 0 Å². The summed E-state index contributed by atoms with van der Waals surface area (Å²) in [4.78, 5) is 24.9. The van der Waals surface area contributed by atoms with Crippen LogP contribution in [0.1, 0.15) is 60.8 Å². The Morgan fingerprint density at radius 3 is 2.54 bits per heavy atom. The number of hydrogen-bond donors (Lipinski definition) is 0. The second kappa shape index (κ2) is 5.72. The molecule has 3 aliphatic rings. The van der Waals surface area contributed by atoms with Crippen LogP contribution < -0.4 is 0 Å². The molecule has 5 heteroatoms. The molecule has 3 saturated heterocycles. The molecule has 3 aliphatic heterocycles. The third-order valence-corrected chi connectivity index (χ3v) is 6.09. The Kier molecular flexibility index (Phi) is 4.22. The summed E-state index contributed by atoms with van der Waals surface area (Å²) in [5.74, 6) is -0.342. The van der Waals surface area contributed by atoms with Crippen molar-refractivity contribution in [2.75, 3.05) is 0 Å². The van der Waals surface area contributed by atoms with E-state index in [2.05, 4.69) is 34.6 Å². The number of rotatable bonds is 5. The van der Waals surface area contributed by atoms with E-state index in [1.807, 2.05) is 6.92 Å². The molecule has 24 heavy (non-hydrogen) atoms. The lowest BCUT2D eigenvalue weighted by Gasteiger charge is -2.39. The molecule has 3 heterocycles. The third-order valence-electron chi connectivity index (χ3n) is 6.09. The molecular weight excluding hydrogens is 308 g/mol. The second-order valence-corrected chi connectivity index (χ2v) is 9.22. The van der Waals surface area contributed by atoms with Gasteiger partial charge in [0.2, 0.25) is 0 Å². The zero-order valence-electron chi connectivity index (χ0n) is 15.6. The molecule has 0 aromatic carbocycles. The van der Waals surface area contributed by atoms with E-state index < -0.39 is 17.6 Å². The fourth-order valence-corrected chi connectivity index (χ4v) is 4.64. The lowest BCUT2D eigenvalue weighted by atomic mass is 9.67. The van der Waals surface area contributed by atoms with E-state index in [1.54, 1.807) is 0 Å². The van der Waals surface area contributed by atoms with Crippen LogP contribution in [0, 0.1) is 22.7 Å². The maximum atomic E-state index is 13.1. The van der Waals surface area contributed by atoms with Gasteiger partial charge >= 0.3 is 11.9 Å². The first-order chi connectivity index (χ1) is 11.1. The Morgan fingerprint density at radius 1 is 1.29 bits per heavy atom. The van der Waals surface area contributed by atoms with Crippen molar-refractivity contribution in [3.05, 3.63) is 0 Å². The Hall–Kier alpha value is -1.10. The van der Waals surface area contributed by atoms with E-state index in [9.17, 15) is 9.59 Å². The van der Waals surface area contributed by atoms with Gasteiger partial charge in [0.05, 0.1) is 17.4 Å². The molecule has 5 nitrogen and oxygen atoms in total. The molecule has 7 atom stereocenters. The van der Waals surface area contributed by atoms with Gasteiger partial charge in [-0.15, -0.1) is 0 Å². The molecule has 0 aromatic rings.